The number of hydrogen-bond donors (Lipinski definition) is 3. The van der Waals surface area contributed by atoms with E-state index in [4.69, 9.17) is 10.5 Å². The van der Waals surface area contributed by atoms with Gasteiger partial charge in [-0.25, -0.2) is 4.79 Å². The number of carbonyl (C=O) groups excluding carboxylic acids is 2. The van der Waals surface area contributed by atoms with E-state index in [0.717, 1.165) is 57.8 Å². The molecule has 0 aromatic rings. The van der Waals surface area contributed by atoms with Crippen LogP contribution in [-0.4, -0.2) is 41.6 Å². The first-order valence-corrected chi connectivity index (χ1v) is 16.9. The molecule has 2 atom stereocenters. The van der Waals surface area contributed by atoms with Crippen LogP contribution in [0.4, 0.5) is 0 Å². The normalized spacial score (nSPS) is 12.7. The van der Waals surface area contributed by atoms with E-state index in [9.17, 15) is 19.5 Å². The van der Waals surface area contributed by atoms with Crippen molar-refractivity contribution in [3.63, 3.8) is 0 Å². The molecule has 0 aliphatic carbocycles. The van der Waals surface area contributed by atoms with Gasteiger partial charge in [-0.15, -0.1) is 0 Å². The summed E-state index contributed by atoms with van der Waals surface area (Å²) in [5.41, 5.74) is 5.45. The highest BCUT2D eigenvalue weighted by molar-refractivity contribution is 5.83. The lowest BCUT2D eigenvalue weighted by Crippen LogP contribution is -2.40. The quantitative estimate of drug-likeness (QED) is 0.0593. The Hall–Kier alpha value is -1.63. The first-order chi connectivity index (χ1) is 19.4. The number of aliphatic carboxylic acids is 1. The highest BCUT2D eigenvalue weighted by atomic mass is 16.5. The molecule has 7 heteroatoms. The van der Waals surface area contributed by atoms with Crippen molar-refractivity contribution in [3.8, 4) is 0 Å². The second-order valence-electron chi connectivity index (χ2n) is 11.6. The lowest BCUT2D eigenvalue weighted by Gasteiger charge is -2.18. The number of amides is 1. The summed E-state index contributed by atoms with van der Waals surface area (Å²) >= 11 is 0. The van der Waals surface area contributed by atoms with Gasteiger partial charge in [0.25, 0.3) is 0 Å². The molecule has 0 fully saturated rings. The predicted molar refractivity (Wildman–Crippen MR) is 165 cm³/mol. The average Bonchev–Trinajstić information content (AvgIpc) is 2.93. The van der Waals surface area contributed by atoms with Gasteiger partial charge in [0.15, 0.2) is 0 Å². The third-order valence-corrected chi connectivity index (χ3v) is 7.67. The third-order valence-electron chi connectivity index (χ3n) is 7.67. The van der Waals surface area contributed by atoms with E-state index in [1.807, 2.05) is 0 Å². The Labute approximate surface area is 246 Å². The molecule has 40 heavy (non-hydrogen) atoms. The highest BCUT2D eigenvalue weighted by Crippen LogP contribution is 2.17. The second-order valence-corrected chi connectivity index (χ2v) is 11.6. The highest BCUT2D eigenvalue weighted by Gasteiger charge is 2.19. The molecular weight excluding hydrogens is 504 g/mol. The van der Waals surface area contributed by atoms with Gasteiger partial charge >= 0.3 is 11.9 Å². The molecule has 0 saturated carbocycles. The van der Waals surface area contributed by atoms with Crippen molar-refractivity contribution in [1.82, 2.24) is 5.32 Å². The summed E-state index contributed by atoms with van der Waals surface area (Å²) in [6, 6.07) is -0.867. The van der Waals surface area contributed by atoms with E-state index in [-0.39, 0.29) is 18.0 Å². The van der Waals surface area contributed by atoms with Crippen LogP contribution >= 0.6 is 0 Å². The minimum absolute atomic E-state index is 0.0393. The fourth-order valence-electron chi connectivity index (χ4n) is 5.10. The van der Waals surface area contributed by atoms with Crippen molar-refractivity contribution in [2.24, 2.45) is 5.73 Å². The number of esters is 1. The van der Waals surface area contributed by atoms with E-state index in [1.54, 1.807) is 0 Å². The molecule has 236 valence electrons. The lowest BCUT2D eigenvalue weighted by atomic mass is 10.0. The number of rotatable bonds is 30. The number of carboxylic acid groups (broad SMARTS) is 1. The summed E-state index contributed by atoms with van der Waals surface area (Å²) in [7, 11) is 0. The Kier molecular flexibility index (Phi) is 27.7. The Morgan fingerprint density at radius 3 is 1.60 bits per heavy atom. The maximum absolute atomic E-state index is 12.5. The van der Waals surface area contributed by atoms with Gasteiger partial charge in [-0.2, -0.15) is 0 Å². The number of carboxylic acids is 1. The lowest BCUT2D eigenvalue weighted by molar-refractivity contribution is -0.150. The molecule has 0 aliphatic rings. The van der Waals surface area contributed by atoms with Crippen LogP contribution in [0.15, 0.2) is 0 Å². The molecule has 2 unspecified atom stereocenters. The van der Waals surface area contributed by atoms with Crippen molar-refractivity contribution in [2.45, 2.75) is 187 Å². The summed E-state index contributed by atoms with van der Waals surface area (Å²) < 4.78 is 5.85. The number of hydrogen-bond acceptors (Lipinski definition) is 5. The Morgan fingerprint density at radius 2 is 1.07 bits per heavy atom. The Balaban J connectivity index is 4.01. The average molecular weight is 569 g/mol. The van der Waals surface area contributed by atoms with Gasteiger partial charge in [0.1, 0.15) is 12.1 Å². The third kappa shape index (κ3) is 25.3. The number of ether oxygens (including phenoxy) is 1. The molecule has 0 rings (SSSR count). The molecular formula is C33H64N2O5. The van der Waals surface area contributed by atoms with E-state index < -0.39 is 12.0 Å². The maximum atomic E-state index is 12.5. The molecule has 0 aromatic carbocycles. The van der Waals surface area contributed by atoms with Crippen LogP contribution in [0.3, 0.4) is 0 Å². The topological polar surface area (TPSA) is 119 Å². The van der Waals surface area contributed by atoms with E-state index in [0.29, 0.717) is 38.6 Å². The molecule has 0 aliphatic heterocycles. The van der Waals surface area contributed by atoms with Crippen LogP contribution in [0.25, 0.3) is 0 Å². The standard InChI is InChI=1S/C33H64N2O5/c1-3-5-7-8-9-10-11-12-13-14-15-16-21-27-32(37)40-29(23-18-6-4-2)24-19-17-20-26-31(36)35-30(33(38)39)25-22-28-34/h29-30H,3-28,34H2,1-2H3,(H,35,36)(H,38,39). The number of nitrogens with two attached hydrogens (primary N) is 1. The first kappa shape index (κ1) is 38.4. The minimum atomic E-state index is -1.02. The zero-order valence-corrected chi connectivity index (χ0v) is 26.2. The van der Waals surface area contributed by atoms with Gasteiger partial charge < -0.3 is 20.9 Å². The first-order valence-electron chi connectivity index (χ1n) is 16.9. The molecule has 0 bridgehead atoms. The van der Waals surface area contributed by atoms with Crippen molar-refractivity contribution in [3.05, 3.63) is 0 Å². The number of carbonyl (C=O) groups is 3. The second kappa shape index (κ2) is 28.9. The smallest absolute Gasteiger partial charge is 0.326 e. The summed E-state index contributed by atoms with van der Waals surface area (Å²) in [4.78, 5) is 35.9. The number of nitrogens with one attached hydrogen (secondary N) is 1. The van der Waals surface area contributed by atoms with Crippen molar-refractivity contribution in [1.29, 1.82) is 0 Å². The van der Waals surface area contributed by atoms with Crippen LogP contribution in [0.5, 0.6) is 0 Å². The molecule has 7 nitrogen and oxygen atoms in total. The fraction of sp³-hybridized carbons (Fsp3) is 0.909. The molecule has 0 radical (unpaired) electrons. The van der Waals surface area contributed by atoms with Gasteiger partial charge in [0, 0.05) is 12.8 Å². The Morgan fingerprint density at radius 1 is 0.625 bits per heavy atom. The van der Waals surface area contributed by atoms with E-state index >= 15 is 0 Å². The monoisotopic (exact) mass is 568 g/mol. The van der Waals surface area contributed by atoms with Crippen molar-refractivity contribution < 1.29 is 24.2 Å². The van der Waals surface area contributed by atoms with E-state index in [1.165, 1.54) is 70.6 Å². The van der Waals surface area contributed by atoms with Gasteiger partial charge in [-0.3, -0.25) is 9.59 Å². The molecule has 0 spiro atoms. The van der Waals surface area contributed by atoms with Crippen molar-refractivity contribution >= 4 is 17.8 Å². The summed E-state index contributed by atoms with van der Waals surface area (Å²) in [5.74, 6) is -1.31. The van der Waals surface area contributed by atoms with Crippen LogP contribution < -0.4 is 11.1 Å². The zero-order valence-electron chi connectivity index (χ0n) is 26.2. The number of unbranched alkanes of at least 4 members (excludes halogenated alkanes) is 16. The van der Waals surface area contributed by atoms with Gasteiger partial charge in [-0.05, 0) is 57.9 Å². The van der Waals surface area contributed by atoms with E-state index in [2.05, 4.69) is 19.2 Å². The van der Waals surface area contributed by atoms with Crippen LogP contribution in [0, 0.1) is 0 Å². The van der Waals surface area contributed by atoms with Gasteiger partial charge in [0.05, 0.1) is 0 Å². The van der Waals surface area contributed by atoms with Crippen LogP contribution in [0.2, 0.25) is 0 Å². The molecule has 4 N–H and O–H groups in total. The molecule has 0 aromatic heterocycles. The van der Waals surface area contributed by atoms with Crippen LogP contribution in [0.1, 0.15) is 174 Å². The van der Waals surface area contributed by atoms with Crippen LogP contribution in [-0.2, 0) is 19.1 Å². The largest absolute Gasteiger partial charge is 0.480 e. The molecule has 0 saturated heterocycles. The molecule has 1 amide bonds. The SMILES string of the molecule is CCCCCCCCCCCCCCCC(=O)OC(CCCCC)CCCCCC(=O)NC(CCCN)C(=O)O. The van der Waals surface area contributed by atoms with Crippen molar-refractivity contribution in [2.75, 3.05) is 6.54 Å². The summed E-state index contributed by atoms with van der Waals surface area (Å²) in [6.07, 6.45) is 26.0. The Bertz CT molecular complexity index is 614. The zero-order chi connectivity index (χ0) is 29.7. The van der Waals surface area contributed by atoms with Gasteiger partial charge in [-0.1, -0.05) is 110 Å². The van der Waals surface area contributed by atoms with Gasteiger partial charge in [0.2, 0.25) is 5.91 Å². The maximum Gasteiger partial charge on any atom is 0.326 e. The minimum Gasteiger partial charge on any atom is -0.480 e. The summed E-state index contributed by atoms with van der Waals surface area (Å²) in [5, 5.41) is 11.8. The molecule has 0 heterocycles. The predicted octanol–water partition coefficient (Wildman–Crippen LogP) is 8.22. The fourth-order valence-corrected chi connectivity index (χ4v) is 5.10. The summed E-state index contributed by atoms with van der Waals surface area (Å²) in [6.45, 7) is 4.84.